The van der Waals surface area contributed by atoms with Gasteiger partial charge in [0.25, 0.3) is 5.91 Å². The van der Waals surface area contributed by atoms with E-state index in [9.17, 15) is 18.0 Å². The first-order valence-corrected chi connectivity index (χ1v) is 16.0. The summed E-state index contributed by atoms with van der Waals surface area (Å²) in [6.07, 6.45) is 5.13. The van der Waals surface area contributed by atoms with Crippen molar-refractivity contribution >= 4 is 33.2 Å². The predicted molar refractivity (Wildman–Crippen MR) is 165 cm³/mol. The molecule has 0 bridgehead atoms. The minimum atomic E-state index is -3.92. The van der Waals surface area contributed by atoms with Crippen LogP contribution < -0.4 is 15.0 Å². The third-order valence-electron chi connectivity index (χ3n) is 8.30. The standard InChI is InChI=1S/C33H39N3O5S/c1-22-18-23(2)32(24(3)19-22)42(39,40)36(28-8-6-5-7-9-28)21-31(37)34-27-13-10-25-16-17-35(30(25)20-27)33(38)26-11-14-29(41-4)15-12-26/h10-15,18-20,28H,5-9,16-17,21H2,1-4H3,(H,34,37). The van der Waals surface area contributed by atoms with Crippen LogP contribution in [0.4, 0.5) is 11.4 Å². The van der Waals surface area contributed by atoms with Crippen LogP contribution in [0.1, 0.15) is 64.7 Å². The van der Waals surface area contributed by atoms with E-state index in [1.807, 2.05) is 45.0 Å². The molecular formula is C33H39N3O5S. The molecule has 1 heterocycles. The topological polar surface area (TPSA) is 96.0 Å². The molecular weight excluding hydrogens is 550 g/mol. The van der Waals surface area contributed by atoms with Crippen LogP contribution in [-0.4, -0.2) is 50.8 Å². The van der Waals surface area contributed by atoms with Gasteiger partial charge < -0.3 is 15.0 Å². The molecule has 42 heavy (non-hydrogen) atoms. The van der Waals surface area contributed by atoms with E-state index in [1.54, 1.807) is 42.3 Å². The van der Waals surface area contributed by atoms with Crippen LogP contribution in [0.15, 0.2) is 59.5 Å². The number of rotatable bonds is 8. The Morgan fingerprint density at radius 3 is 2.26 bits per heavy atom. The Morgan fingerprint density at radius 2 is 1.62 bits per heavy atom. The molecule has 0 radical (unpaired) electrons. The Morgan fingerprint density at radius 1 is 0.952 bits per heavy atom. The fourth-order valence-electron chi connectivity index (χ4n) is 6.37. The highest BCUT2D eigenvalue weighted by Gasteiger charge is 2.36. The lowest BCUT2D eigenvalue weighted by molar-refractivity contribution is -0.116. The third-order valence-corrected chi connectivity index (χ3v) is 10.5. The summed E-state index contributed by atoms with van der Waals surface area (Å²) >= 11 is 0. The highest BCUT2D eigenvalue weighted by molar-refractivity contribution is 7.89. The number of nitrogens with zero attached hydrogens (tertiary/aromatic N) is 2. The maximum absolute atomic E-state index is 14.1. The summed E-state index contributed by atoms with van der Waals surface area (Å²) in [6, 6.07) is 16.0. The van der Waals surface area contributed by atoms with Crippen LogP contribution in [-0.2, 0) is 21.2 Å². The fourth-order valence-corrected chi connectivity index (χ4v) is 8.43. The average molecular weight is 590 g/mol. The predicted octanol–water partition coefficient (Wildman–Crippen LogP) is 5.79. The average Bonchev–Trinajstić information content (AvgIpc) is 3.38. The van der Waals surface area contributed by atoms with Crippen LogP contribution in [0.2, 0.25) is 0 Å². The second-order valence-electron chi connectivity index (χ2n) is 11.4. The van der Waals surface area contributed by atoms with Crippen LogP contribution in [0, 0.1) is 20.8 Å². The van der Waals surface area contributed by atoms with Gasteiger partial charge in [-0.05, 0) is 93.1 Å². The van der Waals surface area contributed by atoms with Crippen molar-refractivity contribution in [1.29, 1.82) is 0 Å². The van der Waals surface area contributed by atoms with Crippen molar-refractivity contribution in [2.75, 3.05) is 30.4 Å². The van der Waals surface area contributed by atoms with Crippen LogP contribution in [0.25, 0.3) is 0 Å². The first-order chi connectivity index (χ1) is 20.1. The zero-order valence-electron chi connectivity index (χ0n) is 24.8. The molecule has 0 atom stereocenters. The van der Waals surface area contributed by atoms with Gasteiger partial charge in [-0.3, -0.25) is 9.59 Å². The number of fused-ring (bicyclic) bond motifs is 1. The number of hydrogen-bond donors (Lipinski definition) is 1. The molecule has 8 nitrogen and oxygen atoms in total. The molecule has 2 amide bonds. The Labute approximate surface area is 248 Å². The summed E-state index contributed by atoms with van der Waals surface area (Å²) in [5.74, 6) is 0.145. The smallest absolute Gasteiger partial charge is 0.258 e. The SMILES string of the molecule is COc1ccc(C(=O)N2CCc3ccc(NC(=O)CN(C4CCCCC4)S(=O)(=O)c4c(C)cc(C)cc4C)cc32)cc1. The quantitative estimate of drug-likeness (QED) is 0.359. The van der Waals surface area contributed by atoms with E-state index in [2.05, 4.69) is 5.32 Å². The molecule has 1 fully saturated rings. The van der Waals surface area contributed by atoms with E-state index in [0.717, 1.165) is 48.9 Å². The maximum atomic E-state index is 14.1. The number of sulfonamides is 1. The van der Waals surface area contributed by atoms with E-state index < -0.39 is 15.9 Å². The van der Waals surface area contributed by atoms with Gasteiger partial charge in [0, 0.05) is 29.5 Å². The molecule has 0 aromatic heterocycles. The van der Waals surface area contributed by atoms with Gasteiger partial charge in [-0.15, -0.1) is 0 Å². The van der Waals surface area contributed by atoms with Gasteiger partial charge in [-0.2, -0.15) is 4.31 Å². The molecule has 1 aliphatic carbocycles. The second kappa shape index (κ2) is 12.3. The largest absolute Gasteiger partial charge is 0.497 e. The molecule has 0 unspecified atom stereocenters. The number of hydrogen-bond acceptors (Lipinski definition) is 5. The molecule has 222 valence electrons. The van der Waals surface area contributed by atoms with Crippen molar-refractivity contribution < 1.29 is 22.7 Å². The molecule has 3 aromatic rings. The lowest BCUT2D eigenvalue weighted by Crippen LogP contribution is -2.46. The molecule has 0 spiro atoms. The number of carbonyl (C=O) groups is 2. The Balaban J connectivity index is 1.37. The third kappa shape index (κ3) is 6.08. The normalized spacial score (nSPS) is 15.5. The van der Waals surface area contributed by atoms with Gasteiger partial charge in [0.1, 0.15) is 5.75 Å². The highest BCUT2D eigenvalue weighted by atomic mass is 32.2. The molecule has 9 heteroatoms. The lowest BCUT2D eigenvalue weighted by Gasteiger charge is -2.33. The Kier molecular flexibility index (Phi) is 8.70. The van der Waals surface area contributed by atoms with Crippen molar-refractivity contribution in [2.24, 2.45) is 0 Å². The van der Waals surface area contributed by atoms with Crippen molar-refractivity contribution in [3.63, 3.8) is 0 Å². The minimum Gasteiger partial charge on any atom is -0.497 e. The van der Waals surface area contributed by atoms with Crippen molar-refractivity contribution in [3.8, 4) is 5.75 Å². The van der Waals surface area contributed by atoms with Gasteiger partial charge in [-0.1, -0.05) is 43.0 Å². The molecule has 5 rings (SSSR count). The van der Waals surface area contributed by atoms with Crippen LogP contribution in [0.3, 0.4) is 0 Å². The van der Waals surface area contributed by atoms with Crippen molar-refractivity contribution in [2.45, 2.75) is 70.2 Å². The number of amides is 2. The van der Waals surface area contributed by atoms with E-state index in [-0.39, 0.29) is 23.4 Å². The van der Waals surface area contributed by atoms with Crippen molar-refractivity contribution in [1.82, 2.24) is 4.31 Å². The number of carbonyl (C=O) groups excluding carboxylic acids is 2. The number of nitrogens with one attached hydrogen (secondary N) is 1. The zero-order valence-corrected chi connectivity index (χ0v) is 25.6. The van der Waals surface area contributed by atoms with Gasteiger partial charge in [0.15, 0.2) is 0 Å². The number of aryl methyl sites for hydroxylation is 3. The molecule has 2 aliphatic rings. The van der Waals surface area contributed by atoms with Gasteiger partial charge in [-0.25, -0.2) is 8.42 Å². The molecule has 1 saturated carbocycles. The van der Waals surface area contributed by atoms with E-state index in [0.29, 0.717) is 41.1 Å². The van der Waals surface area contributed by atoms with Crippen molar-refractivity contribution in [3.05, 3.63) is 82.4 Å². The summed E-state index contributed by atoms with van der Waals surface area (Å²) in [7, 11) is -2.34. The highest BCUT2D eigenvalue weighted by Crippen LogP contribution is 2.34. The molecule has 0 saturated heterocycles. The number of benzene rings is 3. The minimum absolute atomic E-state index is 0.127. The summed E-state index contributed by atoms with van der Waals surface area (Å²) in [5, 5.41) is 2.92. The summed E-state index contributed by atoms with van der Waals surface area (Å²) < 4.78 is 34.8. The van der Waals surface area contributed by atoms with Gasteiger partial charge >= 0.3 is 0 Å². The Bertz CT molecular complexity index is 1570. The molecule has 3 aromatic carbocycles. The summed E-state index contributed by atoms with van der Waals surface area (Å²) in [6.45, 7) is 5.85. The lowest BCUT2D eigenvalue weighted by atomic mass is 9.95. The van der Waals surface area contributed by atoms with E-state index in [1.165, 1.54) is 4.31 Å². The second-order valence-corrected chi connectivity index (χ2v) is 13.2. The number of methoxy groups -OCH3 is 1. The van der Waals surface area contributed by atoms with Gasteiger partial charge in [0.2, 0.25) is 15.9 Å². The molecule has 1 aliphatic heterocycles. The van der Waals surface area contributed by atoms with Crippen LogP contribution >= 0.6 is 0 Å². The van der Waals surface area contributed by atoms with E-state index >= 15 is 0 Å². The van der Waals surface area contributed by atoms with Gasteiger partial charge in [0.05, 0.1) is 18.6 Å². The summed E-state index contributed by atoms with van der Waals surface area (Å²) in [5.41, 5.74) is 5.22. The zero-order chi connectivity index (χ0) is 30.0. The Hall–Kier alpha value is -3.69. The first-order valence-electron chi connectivity index (χ1n) is 14.6. The maximum Gasteiger partial charge on any atom is 0.258 e. The first kappa shape index (κ1) is 29.8. The monoisotopic (exact) mass is 589 g/mol. The number of anilines is 2. The van der Waals surface area contributed by atoms with Crippen LogP contribution in [0.5, 0.6) is 5.75 Å². The fraction of sp³-hybridized carbons (Fsp3) is 0.394. The molecule has 1 N–H and O–H groups in total. The van der Waals surface area contributed by atoms with E-state index in [4.69, 9.17) is 4.74 Å². The summed E-state index contributed by atoms with van der Waals surface area (Å²) in [4.78, 5) is 28.8. The number of ether oxygens (including phenoxy) is 1.